The Bertz CT molecular complexity index is 703. The molecule has 0 saturated heterocycles. The molecule has 19 heavy (non-hydrogen) atoms. The van der Waals surface area contributed by atoms with Gasteiger partial charge in [-0.2, -0.15) is 5.10 Å². The Balaban J connectivity index is 1.95. The highest BCUT2D eigenvalue weighted by molar-refractivity contribution is 5.81. The number of benzene rings is 1. The van der Waals surface area contributed by atoms with Crippen molar-refractivity contribution in [3.8, 4) is 0 Å². The maximum absolute atomic E-state index is 9.31. The minimum absolute atomic E-state index is 0.0212. The molecule has 0 aliphatic carbocycles. The van der Waals surface area contributed by atoms with Crippen molar-refractivity contribution in [1.29, 1.82) is 0 Å². The van der Waals surface area contributed by atoms with Crippen LogP contribution in [0.25, 0.3) is 10.9 Å². The number of nitrogens with zero attached hydrogens (tertiary/aromatic N) is 4. The summed E-state index contributed by atoms with van der Waals surface area (Å²) in [5.74, 6) is 0. The van der Waals surface area contributed by atoms with E-state index in [1.807, 2.05) is 36.0 Å². The summed E-state index contributed by atoms with van der Waals surface area (Å²) in [5, 5.41) is 14.8. The molecular formula is C14H14N4O. The number of aromatic nitrogens is 4. The van der Waals surface area contributed by atoms with E-state index in [9.17, 15) is 5.11 Å². The summed E-state index contributed by atoms with van der Waals surface area (Å²) in [7, 11) is 0. The molecule has 0 aliphatic rings. The molecule has 0 spiro atoms. The Kier molecular flexibility index (Phi) is 2.97. The summed E-state index contributed by atoms with van der Waals surface area (Å²) in [6.45, 7) is 2.51. The monoisotopic (exact) mass is 254 g/mol. The summed E-state index contributed by atoms with van der Waals surface area (Å²) in [5.41, 5.74) is 3.53. The van der Waals surface area contributed by atoms with Crippen LogP contribution in [0.1, 0.15) is 17.0 Å². The van der Waals surface area contributed by atoms with Gasteiger partial charge >= 0.3 is 0 Å². The normalized spacial score (nSPS) is 11.1. The van der Waals surface area contributed by atoms with Gasteiger partial charge in [0.05, 0.1) is 36.3 Å². The summed E-state index contributed by atoms with van der Waals surface area (Å²) in [6, 6.07) is 5.74. The molecule has 0 amide bonds. The number of hydrogen-bond acceptors (Lipinski definition) is 4. The van der Waals surface area contributed by atoms with E-state index >= 15 is 0 Å². The summed E-state index contributed by atoms with van der Waals surface area (Å²) in [6.07, 6.45) is 5.44. The maximum atomic E-state index is 9.31. The van der Waals surface area contributed by atoms with Crippen molar-refractivity contribution in [2.75, 3.05) is 0 Å². The molecule has 0 aliphatic heterocycles. The van der Waals surface area contributed by atoms with E-state index < -0.39 is 0 Å². The second-order valence-corrected chi connectivity index (χ2v) is 4.48. The van der Waals surface area contributed by atoms with Crippen molar-refractivity contribution >= 4 is 10.9 Å². The van der Waals surface area contributed by atoms with Gasteiger partial charge in [0, 0.05) is 17.8 Å². The third-order valence-corrected chi connectivity index (χ3v) is 3.02. The quantitative estimate of drug-likeness (QED) is 0.772. The lowest BCUT2D eigenvalue weighted by Crippen LogP contribution is -2.02. The average Bonchev–Trinajstić information content (AvgIpc) is 2.83. The molecule has 2 heterocycles. The minimum Gasteiger partial charge on any atom is -0.392 e. The number of fused-ring (bicyclic) bond motifs is 1. The van der Waals surface area contributed by atoms with E-state index in [1.165, 1.54) is 0 Å². The summed E-state index contributed by atoms with van der Waals surface area (Å²) in [4.78, 5) is 8.53. The molecule has 0 radical (unpaired) electrons. The standard InChI is InChI=1S/C14H14N4O/c1-10-5-16-12(6-15-10)7-18-8-13-11(9-19)3-2-4-14(13)17-18/h2-6,8,19H,7,9H2,1H3. The molecule has 2 aromatic heterocycles. The number of rotatable bonds is 3. The van der Waals surface area contributed by atoms with Crippen molar-refractivity contribution in [2.45, 2.75) is 20.1 Å². The van der Waals surface area contributed by atoms with E-state index in [2.05, 4.69) is 15.1 Å². The van der Waals surface area contributed by atoms with Gasteiger partial charge in [0.25, 0.3) is 0 Å². The molecular weight excluding hydrogens is 240 g/mol. The van der Waals surface area contributed by atoms with Crippen molar-refractivity contribution < 1.29 is 5.11 Å². The van der Waals surface area contributed by atoms with Crippen LogP contribution in [-0.4, -0.2) is 24.9 Å². The highest BCUT2D eigenvalue weighted by atomic mass is 16.3. The van der Waals surface area contributed by atoms with Gasteiger partial charge in [-0.3, -0.25) is 14.6 Å². The Morgan fingerprint density at radius 2 is 2.11 bits per heavy atom. The van der Waals surface area contributed by atoms with Gasteiger partial charge in [-0.25, -0.2) is 0 Å². The van der Waals surface area contributed by atoms with Crippen molar-refractivity contribution in [3.63, 3.8) is 0 Å². The molecule has 3 rings (SSSR count). The zero-order chi connectivity index (χ0) is 13.2. The van der Waals surface area contributed by atoms with Crippen molar-refractivity contribution in [3.05, 3.63) is 53.7 Å². The van der Waals surface area contributed by atoms with Crippen LogP contribution < -0.4 is 0 Å². The fraction of sp³-hybridized carbons (Fsp3) is 0.214. The Hall–Kier alpha value is -2.27. The van der Waals surface area contributed by atoms with Crippen LogP contribution in [0.2, 0.25) is 0 Å². The Morgan fingerprint density at radius 1 is 1.21 bits per heavy atom. The van der Waals surface area contributed by atoms with E-state index in [1.54, 1.807) is 12.4 Å². The zero-order valence-electron chi connectivity index (χ0n) is 10.6. The SMILES string of the molecule is Cc1cnc(Cn2cc3c(CO)cccc3n2)cn1. The lowest BCUT2D eigenvalue weighted by Gasteiger charge is -2.00. The molecule has 0 atom stereocenters. The smallest absolute Gasteiger partial charge is 0.0927 e. The Morgan fingerprint density at radius 3 is 2.84 bits per heavy atom. The van der Waals surface area contributed by atoms with Crippen molar-refractivity contribution in [2.24, 2.45) is 0 Å². The fourth-order valence-corrected chi connectivity index (χ4v) is 2.04. The van der Waals surface area contributed by atoms with Crippen LogP contribution >= 0.6 is 0 Å². The molecule has 1 aromatic carbocycles. The van der Waals surface area contributed by atoms with Gasteiger partial charge in [0.1, 0.15) is 0 Å². The highest BCUT2D eigenvalue weighted by Crippen LogP contribution is 2.17. The van der Waals surface area contributed by atoms with Gasteiger partial charge in [-0.15, -0.1) is 0 Å². The minimum atomic E-state index is 0.0212. The predicted molar refractivity (Wildman–Crippen MR) is 71.5 cm³/mol. The molecule has 3 aromatic rings. The number of hydrogen-bond donors (Lipinski definition) is 1. The number of aliphatic hydroxyl groups excluding tert-OH is 1. The first-order valence-electron chi connectivity index (χ1n) is 6.10. The largest absolute Gasteiger partial charge is 0.392 e. The van der Waals surface area contributed by atoms with Crippen LogP contribution in [0.15, 0.2) is 36.8 Å². The number of aryl methyl sites for hydroxylation is 1. The van der Waals surface area contributed by atoms with Crippen molar-refractivity contribution in [1.82, 2.24) is 19.7 Å². The topological polar surface area (TPSA) is 63.8 Å². The van der Waals surface area contributed by atoms with Gasteiger partial charge < -0.3 is 5.11 Å². The second kappa shape index (κ2) is 4.78. The second-order valence-electron chi connectivity index (χ2n) is 4.48. The third kappa shape index (κ3) is 2.32. The van der Waals surface area contributed by atoms with Gasteiger partial charge in [0.2, 0.25) is 0 Å². The Labute approximate surface area is 110 Å². The molecule has 5 heteroatoms. The van der Waals surface area contributed by atoms with E-state index in [0.717, 1.165) is 27.9 Å². The molecule has 0 fully saturated rings. The van der Waals surface area contributed by atoms with E-state index in [0.29, 0.717) is 6.54 Å². The zero-order valence-corrected chi connectivity index (χ0v) is 10.6. The first kappa shape index (κ1) is 11.8. The summed E-state index contributed by atoms with van der Waals surface area (Å²) < 4.78 is 1.82. The average molecular weight is 254 g/mol. The van der Waals surface area contributed by atoms with Gasteiger partial charge in [0.15, 0.2) is 0 Å². The van der Waals surface area contributed by atoms with E-state index in [-0.39, 0.29) is 6.61 Å². The van der Waals surface area contributed by atoms with Crippen LogP contribution in [-0.2, 0) is 13.2 Å². The first-order valence-corrected chi connectivity index (χ1v) is 6.10. The van der Waals surface area contributed by atoms with Crippen LogP contribution in [0.4, 0.5) is 0 Å². The maximum Gasteiger partial charge on any atom is 0.0927 e. The van der Waals surface area contributed by atoms with Crippen LogP contribution in [0.3, 0.4) is 0 Å². The predicted octanol–water partition coefficient (Wildman–Crippen LogP) is 1.68. The highest BCUT2D eigenvalue weighted by Gasteiger charge is 2.06. The third-order valence-electron chi connectivity index (χ3n) is 3.02. The molecule has 5 nitrogen and oxygen atoms in total. The lowest BCUT2D eigenvalue weighted by molar-refractivity contribution is 0.283. The van der Waals surface area contributed by atoms with Gasteiger partial charge in [-0.1, -0.05) is 12.1 Å². The van der Waals surface area contributed by atoms with Crippen LogP contribution in [0, 0.1) is 6.92 Å². The lowest BCUT2D eigenvalue weighted by atomic mass is 10.1. The van der Waals surface area contributed by atoms with Crippen LogP contribution in [0.5, 0.6) is 0 Å². The summed E-state index contributed by atoms with van der Waals surface area (Å²) >= 11 is 0. The van der Waals surface area contributed by atoms with E-state index in [4.69, 9.17) is 0 Å². The fourth-order valence-electron chi connectivity index (χ4n) is 2.04. The number of aliphatic hydroxyl groups is 1. The van der Waals surface area contributed by atoms with Gasteiger partial charge in [-0.05, 0) is 18.6 Å². The molecule has 0 unspecified atom stereocenters. The first-order chi connectivity index (χ1) is 9.26. The molecule has 0 bridgehead atoms. The molecule has 96 valence electrons. The molecule has 1 N–H and O–H groups in total. The molecule has 0 saturated carbocycles.